The monoisotopic (exact) mass is 296 g/mol. The lowest BCUT2D eigenvalue weighted by molar-refractivity contribution is -0.115. The summed E-state index contributed by atoms with van der Waals surface area (Å²) < 4.78 is 1.04. The third-order valence-corrected chi connectivity index (χ3v) is 3.09. The summed E-state index contributed by atoms with van der Waals surface area (Å²) >= 11 is 3.37. The van der Waals surface area contributed by atoms with E-state index in [-0.39, 0.29) is 5.78 Å². The molecule has 1 nitrogen and oxygen atoms in total. The molecule has 0 aromatic heterocycles. The highest BCUT2D eigenvalue weighted by Gasteiger charge is 2.22. The molecule has 0 aliphatic heterocycles. The van der Waals surface area contributed by atoms with Crippen molar-refractivity contribution < 1.29 is 4.79 Å². The zero-order valence-corrected chi connectivity index (χ0v) is 12.3. The van der Waals surface area contributed by atoms with Crippen LogP contribution in [0.4, 0.5) is 0 Å². The first-order valence-electron chi connectivity index (χ1n) is 6.37. The second-order valence-electron chi connectivity index (χ2n) is 4.59. The van der Waals surface area contributed by atoms with Gasteiger partial charge in [0.2, 0.25) is 0 Å². The SMILES string of the molecule is CC/C=C/C(=C\C=C(/C)Br)C(=O)CCC1CC1. The standard InChI is InChI=1S/C15H21BrO/c1-3-4-5-14(10-6-12(2)16)15(17)11-9-13-7-8-13/h4-6,10,13H,3,7-9,11H2,1-2H3/b5-4+,12-6+,14-10+. The van der Waals surface area contributed by atoms with Gasteiger partial charge in [-0.2, -0.15) is 0 Å². The Labute approximate surface area is 113 Å². The van der Waals surface area contributed by atoms with Crippen molar-refractivity contribution in [2.75, 3.05) is 0 Å². The molecule has 0 bridgehead atoms. The summed E-state index contributed by atoms with van der Waals surface area (Å²) in [7, 11) is 0. The van der Waals surface area contributed by atoms with Crippen LogP contribution in [0.15, 0.2) is 34.4 Å². The van der Waals surface area contributed by atoms with Crippen LogP contribution in [0, 0.1) is 5.92 Å². The summed E-state index contributed by atoms with van der Waals surface area (Å²) in [5, 5.41) is 0. The predicted molar refractivity (Wildman–Crippen MR) is 77.2 cm³/mol. The Kier molecular flexibility index (Phi) is 6.49. The molecule has 0 saturated heterocycles. The number of allylic oxidation sites excluding steroid dienone is 6. The van der Waals surface area contributed by atoms with E-state index in [1.54, 1.807) is 0 Å². The summed E-state index contributed by atoms with van der Waals surface area (Å²) in [5.74, 6) is 1.09. The van der Waals surface area contributed by atoms with E-state index >= 15 is 0 Å². The van der Waals surface area contributed by atoms with Crippen LogP contribution in [0.3, 0.4) is 0 Å². The zero-order valence-electron chi connectivity index (χ0n) is 10.7. The van der Waals surface area contributed by atoms with E-state index in [4.69, 9.17) is 0 Å². The fraction of sp³-hybridized carbons (Fsp3) is 0.533. The molecule has 0 amide bonds. The van der Waals surface area contributed by atoms with E-state index in [2.05, 4.69) is 22.9 Å². The maximum atomic E-state index is 12.0. The first-order valence-corrected chi connectivity index (χ1v) is 7.16. The summed E-state index contributed by atoms with van der Waals surface area (Å²) in [6, 6.07) is 0. The number of hydrogen-bond donors (Lipinski definition) is 0. The van der Waals surface area contributed by atoms with E-state index in [0.29, 0.717) is 6.42 Å². The van der Waals surface area contributed by atoms with Crippen LogP contribution < -0.4 is 0 Å². The zero-order chi connectivity index (χ0) is 12.7. The van der Waals surface area contributed by atoms with Gasteiger partial charge in [-0.05, 0) is 30.2 Å². The molecule has 1 aliphatic rings. The molecule has 0 heterocycles. The Bertz CT molecular complexity index is 342. The van der Waals surface area contributed by atoms with Crippen molar-refractivity contribution in [1.82, 2.24) is 0 Å². The minimum Gasteiger partial charge on any atom is -0.294 e. The molecular formula is C15H21BrO. The molecule has 0 atom stereocenters. The van der Waals surface area contributed by atoms with Crippen LogP contribution >= 0.6 is 15.9 Å². The minimum absolute atomic E-state index is 0.270. The first-order chi connectivity index (χ1) is 8.13. The molecule has 2 heteroatoms. The van der Waals surface area contributed by atoms with Gasteiger partial charge in [-0.3, -0.25) is 4.79 Å². The molecule has 1 aliphatic carbocycles. The maximum absolute atomic E-state index is 12.0. The fourth-order valence-corrected chi connectivity index (χ4v) is 1.71. The third-order valence-electron chi connectivity index (χ3n) is 2.82. The Morgan fingerprint density at radius 2 is 2.06 bits per heavy atom. The second kappa shape index (κ2) is 7.65. The molecule has 0 aromatic rings. The van der Waals surface area contributed by atoms with Crippen molar-refractivity contribution in [3.05, 3.63) is 34.4 Å². The average molecular weight is 297 g/mol. The quantitative estimate of drug-likeness (QED) is 0.480. The van der Waals surface area contributed by atoms with Gasteiger partial charge in [-0.1, -0.05) is 60.0 Å². The average Bonchev–Trinajstić information content (AvgIpc) is 3.09. The van der Waals surface area contributed by atoms with Gasteiger partial charge in [0, 0.05) is 12.0 Å². The second-order valence-corrected chi connectivity index (χ2v) is 5.84. The van der Waals surface area contributed by atoms with E-state index in [9.17, 15) is 4.79 Å². The van der Waals surface area contributed by atoms with Gasteiger partial charge in [0.15, 0.2) is 5.78 Å². The maximum Gasteiger partial charge on any atom is 0.162 e. The highest BCUT2D eigenvalue weighted by atomic mass is 79.9. The molecular weight excluding hydrogens is 276 g/mol. The lowest BCUT2D eigenvalue weighted by Gasteiger charge is -2.00. The van der Waals surface area contributed by atoms with E-state index in [0.717, 1.165) is 28.8 Å². The number of Topliss-reactive ketones (excluding diaryl/α,β-unsaturated/α-hetero) is 1. The number of halogens is 1. The van der Waals surface area contributed by atoms with Gasteiger partial charge >= 0.3 is 0 Å². The normalized spacial score (nSPS) is 17.8. The Hall–Kier alpha value is -0.630. The smallest absolute Gasteiger partial charge is 0.162 e. The van der Waals surface area contributed by atoms with Crippen LogP contribution in [0.1, 0.15) is 46.0 Å². The summed E-state index contributed by atoms with van der Waals surface area (Å²) in [6.07, 6.45) is 13.2. The number of carbonyl (C=O) groups excluding carboxylic acids is 1. The van der Waals surface area contributed by atoms with Crippen molar-refractivity contribution >= 4 is 21.7 Å². The molecule has 0 aromatic carbocycles. The van der Waals surface area contributed by atoms with E-state index in [1.807, 2.05) is 31.2 Å². The van der Waals surface area contributed by atoms with Crippen LogP contribution in [0.5, 0.6) is 0 Å². The van der Waals surface area contributed by atoms with E-state index in [1.165, 1.54) is 12.8 Å². The molecule has 17 heavy (non-hydrogen) atoms. The lowest BCUT2D eigenvalue weighted by atomic mass is 10.0. The summed E-state index contributed by atoms with van der Waals surface area (Å²) in [4.78, 5) is 12.0. The molecule has 0 unspecified atom stereocenters. The molecule has 1 saturated carbocycles. The predicted octanol–water partition coefficient (Wildman–Crippen LogP) is 4.94. The van der Waals surface area contributed by atoms with Crippen molar-refractivity contribution in [2.24, 2.45) is 5.92 Å². The summed E-state index contributed by atoms with van der Waals surface area (Å²) in [5.41, 5.74) is 0.825. The lowest BCUT2D eigenvalue weighted by Crippen LogP contribution is -2.00. The van der Waals surface area contributed by atoms with Crippen LogP contribution in [0.2, 0.25) is 0 Å². The number of carbonyl (C=O) groups is 1. The molecule has 94 valence electrons. The molecule has 0 N–H and O–H groups in total. The fourth-order valence-electron chi connectivity index (χ4n) is 1.58. The highest BCUT2D eigenvalue weighted by Crippen LogP contribution is 2.33. The van der Waals surface area contributed by atoms with Crippen LogP contribution in [0.25, 0.3) is 0 Å². The van der Waals surface area contributed by atoms with Gasteiger partial charge in [-0.25, -0.2) is 0 Å². The van der Waals surface area contributed by atoms with Gasteiger partial charge < -0.3 is 0 Å². The molecule has 1 fully saturated rings. The van der Waals surface area contributed by atoms with Crippen molar-refractivity contribution in [1.29, 1.82) is 0 Å². The van der Waals surface area contributed by atoms with Gasteiger partial charge in [0.1, 0.15) is 0 Å². The Morgan fingerprint density at radius 1 is 1.35 bits per heavy atom. The van der Waals surface area contributed by atoms with Gasteiger partial charge in [0.05, 0.1) is 0 Å². The minimum atomic E-state index is 0.270. The van der Waals surface area contributed by atoms with Crippen molar-refractivity contribution in [3.8, 4) is 0 Å². The van der Waals surface area contributed by atoms with Crippen LogP contribution in [-0.2, 0) is 4.79 Å². The third kappa shape index (κ3) is 6.62. The number of rotatable bonds is 7. The molecule has 0 radical (unpaired) electrons. The topological polar surface area (TPSA) is 17.1 Å². The number of ketones is 1. The van der Waals surface area contributed by atoms with Crippen LogP contribution in [-0.4, -0.2) is 5.78 Å². The summed E-state index contributed by atoms with van der Waals surface area (Å²) in [6.45, 7) is 4.04. The van der Waals surface area contributed by atoms with Gasteiger partial charge in [0.25, 0.3) is 0 Å². The van der Waals surface area contributed by atoms with Crippen molar-refractivity contribution in [3.63, 3.8) is 0 Å². The van der Waals surface area contributed by atoms with Crippen molar-refractivity contribution in [2.45, 2.75) is 46.0 Å². The Morgan fingerprint density at radius 3 is 2.59 bits per heavy atom. The molecule has 0 spiro atoms. The molecule has 1 rings (SSSR count). The first kappa shape index (κ1) is 14.4. The number of hydrogen-bond acceptors (Lipinski definition) is 1. The van der Waals surface area contributed by atoms with Gasteiger partial charge in [-0.15, -0.1) is 0 Å². The highest BCUT2D eigenvalue weighted by molar-refractivity contribution is 9.11. The Balaban J connectivity index is 2.59. The largest absolute Gasteiger partial charge is 0.294 e. The van der Waals surface area contributed by atoms with E-state index < -0.39 is 0 Å².